The maximum Gasteiger partial charge on any atom is 0.319 e. The van der Waals surface area contributed by atoms with Crippen molar-refractivity contribution in [1.82, 2.24) is 10.2 Å². The third kappa shape index (κ3) is 4.31. The first kappa shape index (κ1) is 19.2. The lowest BCUT2D eigenvalue weighted by molar-refractivity contribution is -0.142. The summed E-state index contributed by atoms with van der Waals surface area (Å²) in [7, 11) is 0. The van der Waals surface area contributed by atoms with E-state index in [1.807, 2.05) is 0 Å². The third-order valence-corrected chi connectivity index (χ3v) is 8.25. The Hall–Kier alpha value is -1.15. The molecule has 0 aliphatic heterocycles. The Morgan fingerprint density at radius 2 is 1.85 bits per heavy atom. The van der Waals surface area contributed by atoms with E-state index in [-0.39, 0.29) is 22.5 Å². The van der Waals surface area contributed by atoms with Crippen molar-refractivity contribution < 1.29 is 14.3 Å². The van der Waals surface area contributed by atoms with Crippen molar-refractivity contribution >= 4 is 40.1 Å². The summed E-state index contributed by atoms with van der Waals surface area (Å²) in [6.07, 6.45) is 8.43. The SMILES string of the molecule is CCOC(=O)[C@@H](C)Sc1nnc(NC(=O)CC23CC4CC(CC(C4)C2)C3)s1. The van der Waals surface area contributed by atoms with Gasteiger partial charge in [0.2, 0.25) is 11.0 Å². The lowest BCUT2D eigenvalue weighted by Gasteiger charge is -2.56. The molecule has 1 N–H and O–H groups in total. The molecule has 1 aromatic heterocycles. The Morgan fingerprint density at radius 3 is 2.44 bits per heavy atom. The second-order valence-electron chi connectivity index (χ2n) is 8.53. The van der Waals surface area contributed by atoms with Crippen LogP contribution in [0.1, 0.15) is 58.8 Å². The molecule has 4 bridgehead atoms. The number of carbonyl (C=O) groups excluding carboxylic acids is 2. The number of aromatic nitrogens is 2. The highest BCUT2D eigenvalue weighted by atomic mass is 32.2. The van der Waals surface area contributed by atoms with Crippen LogP contribution in [0.25, 0.3) is 0 Å². The van der Waals surface area contributed by atoms with Crippen LogP contribution >= 0.6 is 23.1 Å². The summed E-state index contributed by atoms with van der Waals surface area (Å²) in [6.45, 7) is 3.94. The average Bonchev–Trinajstić information content (AvgIpc) is 2.99. The molecule has 4 saturated carbocycles. The third-order valence-electron chi connectivity index (χ3n) is 6.25. The number of thioether (sulfide) groups is 1. The first-order chi connectivity index (χ1) is 12.9. The highest BCUT2D eigenvalue weighted by Crippen LogP contribution is 2.61. The highest BCUT2D eigenvalue weighted by molar-refractivity contribution is 8.02. The molecule has 1 heterocycles. The molecular weight excluding hydrogens is 382 g/mol. The quantitative estimate of drug-likeness (QED) is 0.414. The number of hydrogen-bond donors (Lipinski definition) is 1. The van der Waals surface area contributed by atoms with Crippen LogP contribution < -0.4 is 5.32 Å². The number of rotatable bonds is 7. The van der Waals surface area contributed by atoms with E-state index in [0.29, 0.717) is 22.5 Å². The summed E-state index contributed by atoms with van der Waals surface area (Å²) in [5, 5.41) is 11.3. The summed E-state index contributed by atoms with van der Waals surface area (Å²) in [4.78, 5) is 24.4. The minimum absolute atomic E-state index is 0.0584. The number of esters is 1. The Labute approximate surface area is 168 Å². The van der Waals surface area contributed by atoms with Crippen LogP contribution in [0, 0.1) is 23.2 Å². The van der Waals surface area contributed by atoms with Gasteiger partial charge in [-0.2, -0.15) is 0 Å². The van der Waals surface area contributed by atoms with Gasteiger partial charge in [-0.3, -0.25) is 9.59 Å². The van der Waals surface area contributed by atoms with Crippen LogP contribution in [-0.2, 0) is 14.3 Å². The Morgan fingerprint density at radius 1 is 1.22 bits per heavy atom. The fourth-order valence-corrected chi connectivity index (χ4v) is 7.69. The number of hydrogen-bond acceptors (Lipinski definition) is 7. The van der Waals surface area contributed by atoms with Gasteiger partial charge in [0.15, 0.2) is 4.34 Å². The van der Waals surface area contributed by atoms with Gasteiger partial charge in [0.1, 0.15) is 5.25 Å². The van der Waals surface area contributed by atoms with E-state index in [9.17, 15) is 9.59 Å². The molecule has 5 rings (SSSR count). The summed E-state index contributed by atoms with van der Waals surface area (Å²) in [6, 6.07) is 0. The molecule has 0 unspecified atom stereocenters. The predicted molar refractivity (Wildman–Crippen MR) is 106 cm³/mol. The maximum absolute atomic E-state index is 12.7. The molecule has 27 heavy (non-hydrogen) atoms. The zero-order chi connectivity index (χ0) is 19.0. The van der Waals surface area contributed by atoms with Gasteiger partial charge in [0.05, 0.1) is 6.61 Å². The molecule has 1 amide bonds. The molecule has 4 aliphatic carbocycles. The van der Waals surface area contributed by atoms with E-state index >= 15 is 0 Å². The minimum Gasteiger partial charge on any atom is -0.465 e. The van der Waals surface area contributed by atoms with Crippen LogP contribution in [0.3, 0.4) is 0 Å². The van der Waals surface area contributed by atoms with Crippen LogP contribution in [0.4, 0.5) is 5.13 Å². The van der Waals surface area contributed by atoms with Gasteiger partial charge < -0.3 is 10.1 Å². The van der Waals surface area contributed by atoms with Gasteiger partial charge in [-0.25, -0.2) is 0 Å². The van der Waals surface area contributed by atoms with Gasteiger partial charge in [-0.05, 0) is 75.5 Å². The van der Waals surface area contributed by atoms with Crippen LogP contribution in [0.5, 0.6) is 0 Å². The number of amides is 1. The smallest absolute Gasteiger partial charge is 0.319 e. The molecule has 4 fully saturated rings. The zero-order valence-corrected chi connectivity index (χ0v) is 17.5. The molecule has 1 atom stereocenters. The van der Waals surface area contributed by atoms with Gasteiger partial charge in [0, 0.05) is 6.42 Å². The predicted octanol–water partition coefficient (Wildman–Crippen LogP) is 4.13. The Kier molecular flexibility index (Phi) is 5.47. The van der Waals surface area contributed by atoms with Gasteiger partial charge >= 0.3 is 5.97 Å². The van der Waals surface area contributed by atoms with Gasteiger partial charge in [-0.15, -0.1) is 10.2 Å². The number of ether oxygens (including phenoxy) is 1. The first-order valence-electron chi connectivity index (χ1n) is 9.91. The maximum atomic E-state index is 12.7. The van der Waals surface area contributed by atoms with Gasteiger partial charge in [0.25, 0.3) is 0 Å². The fourth-order valence-electron chi connectivity index (χ4n) is 5.78. The Balaban J connectivity index is 1.31. The van der Waals surface area contributed by atoms with Crippen molar-refractivity contribution in [3.63, 3.8) is 0 Å². The average molecular weight is 410 g/mol. The van der Waals surface area contributed by atoms with Gasteiger partial charge in [-0.1, -0.05) is 23.1 Å². The fraction of sp³-hybridized carbons (Fsp3) is 0.789. The van der Waals surface area contributed by atoms with Crippen molar-refractivity contribution in [1.29, 1.82) is 0 Å². The van der Waals surface area contributed by atoms with E-state index in [1.54, 1.807) is 13.8 Å². The second-order valence-corrected chi connectivity index (χ2v) is 11.1. The molecule has 0 saturated heterocycles. The molecular formula is C19H27N3O3S2. The van der Waals surface area contributed by atoms with Crippen LogP contribution in [-0.4, -0.2) is 33.9 Å². The lowest BCUT2D eigenvalue weighted by atomic mass is 9.49. The molecule has 0 radical (unpaired) electrons. The normalized spacial score (nSPS) is 32.3. The van der Waals surface area contributed by atoms with Crippen molar-refractivity contribution in [2.45, 2.75) is 68.4 Å². The highest BCUT2D eigenvalue weighted by Gasteiger charge is 2.51. The first-order valence-corrected chi connectivity index (χ1v) is 11.6. The van der Waals surface area contributed by atoms with E-state index in [0.717, 1.165) is 17.8 Å². The van der Waals surface area contributed by atoms with Crippen molar-refractivity contribution in [3.05, 3.63) is 0 Å². The van der Waals surface area contributed by atoms with E-state index in [1.165, 1.54) is 61.6 Å². The molecule has 8 heteroatoms. The van der Waals surface area contributed by atoms with E-state index in [4.69, 9.17) is 4.74 Å². The molecule has 0 aromatic carbocycles. The van der Waals surface area contributed by atoms with Crippen molar-refractivity contribution in [2.24, 2.45) is 23.2 Å². The summed E-state index contributed by atoms with van der Waals surface area (Å²) < 4.78 is 5.68. The number of nitrogens with one attached hydrogen (secondary N) is 1. The molecule has 6 nitrogen and oxygen atoms in total. The summed E-state index contributed by atoms with van der Waals surface area (Å²) in [5.41, 5.74) is 0.222. The summed E-state index contributed by atoms with van der Waals surface area (Å²) >= 11 is 2.63. The van der Waals surface area contributed by atoms with Crippen molar-refractivity contribution in [2.75, 3.05) is 11.9 Å². The van der Waals surface area contributed by atoms with E-state index in [2.05, 4.69) is 15.5 Å². The summed E-state index contributed by atoms with van der Waals surface area (Å²) in [5.74, 6) is 2.34. The van der Waals surface area contributed by atoms with Crippen molar-refractivity contribution in [3.8, 4) is 0 Å². The van der Waals surface area contributed by atoms with E-state index < -0.39 is 0 Å². The standard InChI is InChI=1S/C19H27N3O3S2/c1-3-25-16(24)11(2)26-18-22-21-17(27-18)20-15(23)10-19-7-12-4-13(8-19)6-14(5-12)9-19/h11-14H,3-10H2,1-2H3,(H,20,21,23)/t11-,12?,13?,14?,19?/m1/s1. The number of nitrogens with zero attached hydrogens (tertiary/aromatic N) is 2. The largest absolute Gasteiger partial charge is 0.465 e. The molecule has 0 spiro atoms. The molecule has 4 aliphatic rings. The molecule has 148 valence electrons. The Bertz CT molecular complexity index is 686. The van der Waals surface area contributed by atoms with Crippen LogP contribution in [0.15, 0.2) is 4.34 Å². The number of anilines is 1. The zero-order valence-electron chi connectivity index (χ0n) is 15.9. The lowest BCUT2D eigenvalue weighted by Crippen LogP contribution is -2.47. The topological polar surface area (TPSA) is 81.2 Å². The second kappa shape index (κ2) is 7.70. The minimum atomic E-state index is -0.339. The number of carbonyl (C=O) groups is 2. The monoisotopic (exact) mass is 409 g/mol. The van der Waals surface area contributed by atoms with Crippen LogP contribution in [0.2, 0.25) is 0 Å². The molecule has 1 aromatic rings.